The zero-order valence-corrected chi connectivity index (χ0v) is 11.6. The predicted molar refractivity (Wildman–Crippen MR) is 74.0 cm³/mol. The molecule has 0 aromatic heterocycles. The van der Waals surface area contributed by atoms with Crippen molar-refractivity contribution in [3.8, 4) is 5.75 Å². The summed E-state index contributed by atoms with van der Waals surface area (Å²) in [7, 11) is 0. The van der Waals surface area contributed by atoms with E-state index in [-0.39, 0.29) is 12.5 Å². The molecular formula is C14H20N2O3. The fraction of sp³-hybridized carbons (Fsp3) is 0.429. The second-order valence-corrected chi connectivity index (χ2v) is 4.32. The van der Waals surface area contributed by atoms with Crippen LogP contribution in [-0.4, -0.2) is 30.0 Å². The van der Waals surface area contributed by atoms with E-state index < -0.39 is 0 Å². The van der Waals surface area contributed by atoms with Crippen LogP contribution in [0.5, 0.6) is 5.75 Å². The lowest BCUT2D eigenvalue weighted by atomic mass is 10.1. The Kier molecular flexibility index (Phi) is 5.85. The Hall–Kier alpha value is -2.04. The first-order valence-corrected chi connectivity index (χ1v) is 6.27. The van der Waals surface area contributed by atoms with Gasteiger partial charge in [0.05, 0.1) is 5.71 Å². The van der Waals surface area contributed by atoms with E-state index in [1.54, 1.807) is 6.92 Å². The van der Waals surface area contributed by atoms with Gasteiger partial charge in [-0.3, -0.25) is 4.79 Å². The summed E-state index contributed by atoms with van der Waals surface area (Å²) >= 11 is 0. The Bertz CT molecular complexity index is 470. The largest absolute Gasteiger partial charge is 0.483 e. The summed E-state index contributed by atoms with van der Waals surface area (Å²) in [6.07, 6.45) is 0.887. The fourth-order valence-corrected chi connectivity index (χ4v) is 1.56. The van der Waals surface area contributed by atoms with Crippen LogP contribution in [-0.2, 0) is 4.79 Å². The van der Waals surface area contributed by atoms with E-state index in [1.807, 2.05) is 32.0 Å². The Morgan fingerprint density at radius 1 is 1.47 bits per heavy atom. The first kappa shape index (κ1) is 15.0. The second-order valence-electron chi connectivity index (χ2n) is 4.32. The third-order valence-corrected chi connectivity index (χ3v) is 2.61. The highest BCUT2D eigenvalue weighted by Crippen LogP contribution is 2.21. The van der Waals surface area contributed by atoms with Crippen molar-refractivity contribution in [2.24, 2.45) is 5.16 Å². The number of nitrogens with one attached hydrogen (secondary N) is 1. The molecular weight excluding hydrogens is 244 g/mol. The van der Waals surface area contributed by atoms with Gasteiger partial charge in [0.25, 0.3) is 5.91 Å². The Morgan fingerprint density at radius 2 is 2.21 bits per heavy atom. The molecule has 0 aliphatic rings. The van der Waals surface area contributed by atoms with Crippen LogP contribution in [0.2, 0.25) is 0 Å². The van der Waals surface area contributed by atoms with Gasteiger partial charge in [-0.2, -0.15) is 0 Å². The highest BCUT2D eigenvalue weighted by Gasteiger charge is 2.09. The molecule has 0 saturated carbocycles. The SMILES string of the molecule is CCCNC(=O)COc1cc(C)ccc1C(C)=NO. The molecule has 0 heterocycles. The molecule has 5 nitrogen and oxygen atoms in total. The zero-order valence-electron chi connectivity index (χ0n) is 11.6. The van der Waals surface area contributed by atoms with Crippen LogP contribution < -0.4 is 10.1 Å². The number of aryl methyl sites for hydroxylation is 1. The number of hydrogen-bond acceptors (Lipinski definition) is 4. The maximum atomic E-state index is 11.5. The van der Waals surface area contributed by atoms with Gasteiger partial charge in [0, 0.05) is 12.1 Å². The summed E-state index contributed by atoms with van der Waals surface area (Å²) in [6, 6.07) is 5.52. The van der Waals surface area contributed by atoms with Crippen LogP contribution in [0.15, 0.2) is 23.4 Å². The molecule has 1 amide bonds. The van der Waals surface area contributed by atoms with Crippen LogP contribution in [0, 0.1) is 6.92 Å². The van der Waals surface area contributed by atoms with Crippen molar-refractivity contribution in [1.82, 2.24) is 5.32 Å². The van der Waals surface area contributed by atoms with Crippen LogP contribution >= 0.6 is 0 Å². The number of ether oxygens (including phenoxy) is 1. The maximum absolute atomic E-state index is 11.5. The van der Waals surface area contributed by atoms with Gasteiger partial charge in [-0.1, -0.05) is 18.1 Å². The van der Waals surface area contributed by atoms with Gasteiger partial charge in [0.2, 0.25) is 0 Å². The molecule has 0 saturated heterocycles. The van der Waals surface area contributed by atoms with E-state index >= 15 is 0 Å². The minimum absolute atomic E-state index is 0.0465. The highest BCUT2D eigenvalue weighted by molar-refractivity contribution is 6.00. The predicted octanol–water partition coefficient (Wildman–Crippen LogP) is 2.10. The average Bonchev–Trinajstić information content (AvgIpc) is 2.42. The molecule has 5 heteroatoms. The number of amides is 1. The molecule has 0 aliphatic carbocycles. The zero-order chi connectivity index (χ0) is 14.3. The van der Waals surface area contributed by atoms with Crippen molar-refractivity contribution in [3.63, 3.8) is 0 Å². The lowest BCUT2D eigenvalue weighted by Crippen LogP contribution is -2.29. The molecule has 0 fully saturated rings. The van der Waals surface area contributed by atoms with Gasteiger partial charge in [0.15, 0.2) is 6.61 Å². The van der Waals surface area contributed by atoms with E-state index in [4.69, 9.17) is 9.94 Å². The summed E-state index contributed by atoms with van der Waals surface area (Å²) in [6.45, 7) is 6.18. The lowest BCUT2D eigenvalue weighted by Gasteiger charge is -2.11. The van der Waals surface area contributed by atoms with Crippen molar-refractivity contribution < 1.29 is 14.7 Å². The van der Waals surface area contributed by atoms with E-state index in [0.717, 1.165) is 12.0 Å². The van der Waals surface area contributed by atoms with E-state index in [1.165, 1.54) is 0 Å². The van der Waals surface area contributed by atoms with Gasteiger partial charge in [-0.25, -0.2) is 0 Å². The topological polar surface area (TPSA) is 70.9 Å². The van der Waals surface area contributed by atoms with E-state index in [9.17, 15) is 4.79 Å². The molecule has 1 aromatic rings. The Balaban J connectivity index is 2.76. The minimum Gasteiger partial charge on any atom is -0.483 e. The van der Waals surface area contributed by atoms with Gasteiger partial charge in [0.1, 0.15) is 5.75 Å². The summed E-state index contributed by atoms with van der Waals surface area (Å²) in [4.78, 5) is 11.5. The Labute approximate surface area is 113 Å². The molecule has 104 valence electrons. The second kappa shape index (κ2) is 7.41. The van der Waals surface area contributed by atoms with Crippen molar-refractivity contribution in [2.75, 3.05) is 13.2 Å². The molecule has 0 spiro atoms. The third-order valence-electron chi connectivity index (χ3n) is 2.61. The van der Waals surface area contributed by atoms with Crippen molar-refractivity contribution >= 4 is 11.6 Å². The maximum Gasteiger partial charge on any atom is 0.257 e. The fourth-order valence-electron chi connectivity index (χ4n) is 1.56. The van der Waals surface area contributed by atoms with Gasteiger partial charge in [-0.15, -0.1) is 0 Å². The van der Waals surface area contributed by atoms with Crippen LogP contribution in [0.1, 0.15) is 31.4 Å². The smallest absolute Gasteiger partial charge is 0.257 e. The first-order valence-electron chi connectivity index (χ1n) is 6.27. The van der Waals surface area contributed by atoms with Crippen molar-refractivity contribution in [1.29, 1.82) is 0 Å². The van der Waals surface area contributed by atoms with Gasteiger partial charge in [-0.05, 0) is 38.0 Å². The standard InChI is InChI=1S/C14H20N2O3/c1-4-7-15-14(17)9-19-13-8-10(2)5-6-12(13)11(3)16-18/h5-6,8,18H,4,7,9H2,1-3H3,(H,15,17). The monoisotopic (exact) mass is 264 g/mol. The van der Waals surface area contributed by atoms with Crippen LogP contribution in [0.3, 0.4) is 0 Å². The number of benzene rings is 1. The molecule has 0 unspecified atom stereocenters. The summed E-state index contributed by atoms with van der Waals surface area (Å²) in [5.74, 6) is 0.384. The molecule has 1 rings (SSSR count). The quantitative estimate of drug-likeness (QED) is 0.469. The summed E-state index contributed by atoms with van der Waals surface area (Å²) in [5, 5.41) is 14.7. The molecule has 0 aliphatic heterocycles. The molecule has 0 bridgehead atoms. The minimum atomic E-state index is -0.159. The van der Waals surface area contributed by atoms with Crippen molar-refractivity contribution in [3.05, 3.63) is 29.3 Å². The summed E-state index contributed by atoms with van der Waals surface area (Å²) < 4.78 is 5.50. The molecule has 1 aromatic carbocycles. The van der Waals surface area contributed by atoms with Gasteiger partial charge < -0.3 is 15.3 Å². The number of carbonyl (C=O) groups is 1. The third kappa shape index (κ3) is 4.62. The van der Waals surface area contributed by atoms with Crippen LogP contribution in [0.4, 0.5) is 0 Å². The van der Waals surface area contributed by atoms with E-state index in [0.29, 0.717) is 23.6 Å². The molecule has 19 heavy (non-hydrogen) atoms. The van der Waals surface area contributed by atoms with Crippen LogP contribution in [0.25, 0.3) is 0 Å². The normalized spacial score (nSPS) is 11.2. The molecule has 0 atom stereocenters. The number of carbonyl (C=O) groups excluding carboxylic acids is 1. The number of oxime groups is 1. The van der Waals surface area contributed by atoms with Gasteiger partial charge >= 0.3 is 0 Å². The molecule has 2 N–H and O–H groups in total. The van der Waals surface area contributed by atoms with Crippen molar-refractivity contribution in [2.45, 2.75) is 27.2 Å². The molecule has 0 radical (unpaired) electrons. The summed E-state index contributed by atoms with van der Waals surface area (Å²) in [5.41, 5.74) is 2.14. The van der Waals surface area contributed by atoms with E-state index in [2.05, 4.69) is 10.5 Å². The average molecular weight is 264 g/mol. The number of hydrogen-bond donors (Lipinski definition) is 2. The number of rotatable bonds is 6. The lowest BCUT2D eigenvalue weighted by molar-refractivity contribution is -0.123. The Morgan fingerprint density at radius 3 is 2.84 bits per heavy atom. The number of nitrogens with zero attached hydrogens (tertiary/aromatic N) is 1. The highest BCUT2D eigenvalue weighted by atomic mass is 16.5. The first-order chi connectivity index (χ1) is 9.08.